The summed E-state index contributed by atoms with van der Waals surface area (Å²) in [5, 5.41) is 9.48. The molecule has 2 rings (SSSR count). The minimum absolute atomic E-state index is 0.201. The van der Waals surface area contributed by atoms with Gasteiger partial charge in [0.05, 0.1) is 29.6 Å². The highest BCUT2D eigenvalue weighted by Crippen LogP contribution is 2.18. The first kappa shape index (κ1) is 21.2. The van der Waals surface area contributed by atoms with Crippen LogP contribution in [0, 0.1) is 13.8 Å². The Morgan fingerprint density at radius 1 is 1.25 bits per heavy atom. The largest absolute Gasteiger partial charge is 0.463 e. The number of urea groups is 1. The van der Waals surface area contributed by atoms with E-state index in [-0.39, 0.29) is 24.5 Å². The van der Waals surface area contributed by atoms with Gasteiger partial charge >= 0.3 is 18.0 Å². The standard InChI is InChI=1S/C19H26N4O5/c1-6-14-17(18(25)27-7-2)15(21-19(26)20-14)10-28-16(24)9-8-13-11(3)22-23(5)12(13)4/h8-9,14H,6-7,10H2,1-5H3,(H2,20,21,26)/b9-8+/t14-/m0/s1. The lowest BCUT2D eigenvalue weighted by molar-refractivity contribution is -0.140. The number of hydrogen-bond acceptors (Lipinski definition) is 6. The molecule has 152 valence electrons. The van der Waals surface area contributed by atoms with Crippen molar-refractivity contribution < 1.29 is 23.9 Å². The molecule has 0 spiro atoms. The molecule has 0 radical (unpaired) electrons. The van der Waals surface area contributed by atoms with Gasteiger partial charge in [0.2, 0.25) is 0 Å². The molecular formula is C19H26N4O5. The summed E-state index contributed by atoms with van der Waals surface area (Å²) in [5.74, 6) is -1.15. The summed E-state index contributed by atoms with van der Waals surface area (Å²) in [6.07, 6.45) is 3.43. The second-order valence-corrected chi connectivity index (χ2v) is 6.32. The molecule has 0 aliphatic carbocycles. The van der Waals surface area contributed by atoms with Crippen LogP contribution in [0.5, 0.6) is 0 Å². The number of hydrogen-bond donors (Lipinski definition) is 2. The van der Waals surface area contributed by atoms with Crippen LogP contribution in [0.25, 0.3) is 6.08 Å². The fourth-order valence-electron chi connectivity index (χ4n) is 2.95. The van der Waals surface area contributed by atoms with Crippen LogP contribution in [-0.4, -0.2) is 47.0 Å². The van der Waals surface area contributed by atoms with Crippen molar-refractivity contribution in [1.82, 2.24) is 20.4 Å². The zero-order chi connectivity index (χ0) is 20.8. The summed E-state index contributed by atoms with van der Waals surface area (Å²) in [4.78, 5) is 36.2. The molecular weight excluding hydrogens is 364 g/mol. The molecule has 2 N–H and O–H groups in total. The smallest absolute Gasteiger partial charge is 0.338 e. The molecule has 2 heterocycles. The number of nitrogens with zero attached hydrogens (tertiary/aromatic N) is 2. The van der Waals surface area contributed by atoms with Crippen LogP contribution in [0.15, 0.2) is 17.3 Å². The summed E-state index contributed by atoms with van der Waals surface area (Å²) in [7, 11) is 1.82. The summed E-state index contributed by atoms with van der Waals surface area (Å²) in [6, 6.07) is -0.958. The van der Waals surface area contributed by atoms with E-state index in [2.05, 4.69) is 15.7 Å². The maximum Gasteiger partial charge on any atom is 0.338 e. The lowest BCUT2D eigenvalue weighted by atomic mass is 10.0. The van der Waals surface area contributed by atoms with Crippen LogP contribution in [-0.2, 0) is 26.1 Å². The number of aryl methyl sites for hydroxylation is 2. The Balaban J connectivity index is 2.14. The first-order chi connectivity index (χ1) is 13.3. The van der Waals surface area contributed by atoms with Gasteiger partial charge in [-0.3, -0.25) is 4.68 Å². The second kappa shape index (κ2) is 9.20. The van der Waals surface area contributed by atoms with Crippen molar-refractivity contribution in [2.45, 2.75) is 40.2 Å². The van der Waals surface area contributed by atoms with Crippen LogP contribution in [0.1, 0.15) is 37.2 Å². The van der Waals surface area contributed by atoms with Gasteiger partial charge in [0.15, 0.2) is 0 Å². The Morgan fingerprint density at radius 3 is 2.54 bits per heavy atom. The lowest BCUT2D eigenvalue weighted by Crippen LogP contribution is -2.51. The number of aromatic nitrogens is 2. The van der Waals surface area contributed by atoms with E-state index in [1.807, 2.05) is 27.8 Å². The third-order valence-corrected chi connectivity index (χ3v) is 4.46. The van der Waals surface area contributed by atoms with Crippen molar-refractivity contribution in [2.75, 3.05) is 13.2 Å². The number of carbonyl (C=O) groups excluding carboxylic acids is 3. The topological polar surface area (TPSA) is 112 Å². The van der Waals surface area contributed by atoms with Crippen LogP contribution >= 0.6 is 0 Å². The molecule has 0 aromatic carbocycles. The van der Waals surface area contributed by atoms with Crippen LogP contribution in [0.2, 0.25) is 0 Å². The molecule has 0 unspecified atom stereocenters. The van der Waals surface area contributed by atoms with Gasteiger partial charge in [0, 0.05) is 24.4 Å². The summed E-state index contributed by atoms with van der Waals surface area (Å²) < 4.78 is 12.0. The Labute approximate surface area is 163 Å². The van der Waals surface area contributed by atoms with Gasteiger partial charge in [-0.05, 0) is 33.3 Å². The minimum Gasteiger partial charge on any atom is -0.463 e. The molecule has 28 heavy (non-hydrogen) atoms. The number of nitrogens with one attached hydrogen (secondary N) is 2. The first-order valence-corrected chi connectivity index (χ1v) is 9.11. The highest BCUT2D eigenvalue weighted by molar-refractivity contribution is 5.95. The summed E-state index contributed by atoms with van der Waals surface area (Å²) in [6.45, 7) is 7.24. The third kappa shape index (κ3) is 4.79. The van der Waals surface area contributed by atoms with Gasteiger partial charge in [0.1, 0.15) is 6.61 Å². The lowest BCUT2D eigenvalue weighted by Gasteiger charge is -2.28. The number of ether oxygens (including phenoxy) is 2. The normalized spacial score (nSPS) is 16.8. The van der Waals surface area contributed by atoms with Crippen molar-refractivity contribution in [2.24, 2.45) is 7.05 Å². The highest BCUT2D eigenvalue weighted by Gasteiger charge is 2.31. The molecule has 9 heteroatoms. The average Bonchev–Trinajstić information content (AvgIpc) is 2.89. The SMILES string of the molecule is CCOC(=O)C1=C(COC(=O)/C=C/c2c(C)nn(C)c2C)NC(=O)N[C@H]1CC. The fraction of sp³-hybridized carbons (Fsp3) is 0.474. The Hall–Kier alpha value is -3.10. The van der Waals surface area contributed by atoms with E-state index in [9.17, 15) is 14.4 Å². The Morgan fingerprint density at radius 2 is 1.96 bits per heavy atom. The van der Waals surface area contributed by atoms with Crippen molar-refractivity contribution in [1.29, 1.82) is 0 Å². The van der Waals surface area contributed by atoms with Gasteiger partial charge in [0.25, 0.3) is 0 Å². The number of amides is 2. The van der Waals surface area contributed by atoms with E-state index in [1.54, 1.807) is 17.7 Å². The van der Waals surface area contributed by atoms with Crippen molar-refractivity contribution in [3.63, 3.8) is 0 Å². The van der Waals surface area contributed by atoms with Crippen molar-refractivity contribution in [3.05, 3.63) is 34.3 Å². The summed E-state index contributed by atoms with van der Waals surface area (Å²) in [5.41, 5.74) is 3.05. The molecule has 1 aliphatic rings. The second-order valence-electron chi connectivity index (χ2n) is 6.32. The molecule has 1 aliphatic heterocycles. The molecule has 0 bridgehead atoms. The maximum absolute atomic E-state index is 12.3. The zero-order valence-corrected chi connectivity index (χ0v) is 16.8. The molecule has 0 fully saturated rings. The number of rotatable bonds is 7. The van der Waals surface area contributed by atoms with E-state index < -0.39 is 24.0 Å². The predicted octanol–water partition coefficient (Wildman–Crippen LogP) is 1.50. The molecule has 0 saturated carbocycles. The van der Waals surface area contributed by atoms with Crippen molar-refractivity contribution in [3.8, 4) is 0 Å². The molecule has 2 amide bonds. The molecule has 1 atom stereocenters. The average molecular weight is 390 g/mol. The van der Waals surface area contributed by atoms with Crippen LogP contribution in [0.4, 0.5) is 4.79 Å². The predicted molar refractivity (Wildman–Crippen MR) is 102 cm³/mol. The van der Waals surface area contributed by atoms with E-state index in [0.717, 1.165) is 17.0 Å². The van der Waals surface area contributed by atoms with E-state index in [1.165, 1.54) is 6.08 Å². The number of esters is 2. The van der Waals surface area contributed by atoms with Gasteiger partial charge < -0.3 is 20.1 Å². The Kier molecular flexibility index (Phi) is 6.97. The Bertz CT molecular complexity index is 838. The monoisotopic (exact) mass is 390 g/mol. The van der Waals surface area contributed by atoms with Crippen LogP contribution in [0.3, 0.4) is 0 Å². The molecule has 1 aromatic rings. The third-order valence-electron chi connectivity index (χ3n) is 4.46. The molecule has 0 saturated heterocycles. The van der Waals surface area contributed by atoms with Gasteiger partial charge in [-0.1, -0.05) is 6.92 Å². The zero-order valence-electron chi connectivity index (χ0n) is 16.8. The summed E-state index contributed by atoms with van der Waals surface area (Å²) >= 11 is 0. The van der Waals surface area contributed by atoms with E-state index in [4.69, 9.17) is 9.47 Å². The van der Waals surface area contributed by atoms with Gasteiger partial charge in [-0.2, -0.15) is 5.10 Å². The van der Waals surface area contributed by atoms with Crippen molar-refractivity contribution >= 4 is 24.0 Å². The quantitative estimate of drug-likeness (QED) is 0.539. The van der Waals surface area contributed by atoms with Gasteiger partial charge in [-0.25, -0.2) is 14.4 Å². The van der Waals surface area contributed by atoms with Crippen LogP contribution < -0.4 is 10.6 Å². The minimum atomic E-state index is -0.598. The fourth-order valence-corrected chi connectivity index (χ4v) is 2.95. The van der Waals surface area contributed by atoms with E-state index in [0.29, 0.717) is 6.42 Å². The molecule has 1 aromatic heterocycles. The maximum atomic E-state index is 12.3. The number of carbonyl (C=O) groups is 3. The molecule has 9 nitrogen and oxygen atoms in total. The first-order valence-electron chi connectivity index (χ1n) is 9.11. The van der Waals surface area contributed by atoms with Gasteiger partial charge in [-0.15, -0.1) is 0 Å². The highest BCUT2D eigenvalue weighted by atomic mass is 16.5. The van der Waals surface area contributed by atoms with E-state index >= 15 is 0 Å².